The zero-order chi connectivity index (χ0) is 20.9. The third-order valence-corrected chi connectivity index (χ3v) is 6.63. The predicted octanol–water partition coefficient (Wildman–Crippen LogP) is 8.34. The van der Waals surface area contributed by atoms with Gasteiger partial charge in [-0.3, -0.25) is 4.79 Å². The molecule has 2 nitrogen and oxygen atoms in total. The van der Waals surface area contributed by atoms with E-state index in [9.17, 15) is 4.79 Å². The molecule has 0 aromatic rings. The molecule has 1 aliphatic rings. The van der Waals surface area contributed by atoms with Gasteiger partial charge in [-0.15, -0.1) is 0 Å². The Kier molecular flexibility index (Phi) is 22.1. The van der Waals surface area contributed by atoms with Crippen LogP contribution in [0.15, 0.2) is 12.2 Å². The first-order valence-corrected chi connectivity index (χ1v) is 12.7. The molecule has 1 aliphatic carbocycles. The molecule has 0 heterocycles. The zero-order valence-electron chi connectivity index (χ0n) is 18.0. The van der Waals surface area contributed by atoms with E-state index in [1.54, 1.807) is 0 Å². The van der Waals surface area contributed by atoms with E-state index in [1.165, 1.54) is 96.3 Å². The molecule has 0 saturated heterocycles. The van der Waals surface area contributed by atoms with E-state index in [0.717, 1.165) is 12.8 Å². The van der Waals surface area contributed by atoms with Crippen LogP contribution in [0.5, 0.6) is 0 Å². The number of hydrogen-bond donors (Lipinski definition) is 1. The average molecular weight is 492 g/mol. The Labute approximate surface area is 191 Å². The van der Waals surface area contributed by atoms with Crippen molar-refractivity contribution in [3.63, 3.8) is 0 Å². The molecule has 0 aromatic heterocycles. The van der Waals surface area contributed by atoms with E-state index in [1.807, 2.05) is 0 Å². The molecule has 4 heteroatoms. The molecule has 0 amide bonds. The van der Waals surface area contributed by atoms with Crippen LogP contribution in [-0.2, 0) is 36.8 Å². The molecule has 0 radical (unpaired) electrons. The Morgan fingerprint density at radius 1 is 0.786 bits per heavy atom. The van der Waals surface area contributed by atoms with Gasteiger partial charge in [-0.05, 0) is 32.1 Å². The molecule has 28 heavy (non-hydrogen) atoms. The van der Waals surface area contributed by atoms with Gasteiger partial charge in [0.25, 0.3) is 0 Å². The SMILES string of the molecule is CCCCCCCC/C=C\CCCCCCCC(=O)O.[Cu][CH]1CCCC[CH]1[Cu]. The third-order valence-electron chi connectivity index (χ3n) is 5.16. The minimum absolute atomic E-state index is 0.332. The Morgan fingerprint density at radius 3 is 1.64 bits per heavy atom. The summed E-state index contributed by atoms with van der Waals surface area (Å²) in [6.07, 6.45) is 26.2. The summed E-state index contributed by atoms with van der Waals surface area (Å²) in [5.41, 5.74) is 0. The molecule has 1 rings (SSSR count). The van der Waals surface area contributed by atoms with Crippen LogP contribution in [0.4, 0.5) is 0 Å². The van der Waals surface area contributed by atoms with Crippen molar-refractivity contribution in [3.05, 3.63) is 12.2 Å². The van der Waals surface area contributed by atoms with Crippen LogP contribution in [-0.4, -0.2) is 11.1 Å². The summed E-state index contributed by atoms with van der Waals surface area (Å²) in [7, 11) is 0. The molecule has 0 aliphatic heterocycles. The zero-order valence-corrected chi connectivity index (χ0v) is 19.9. The van der Waals surface area contributed by atoms with Crippen LogP contribution >= 0.6 is 0 Å². The van der Waals surface area contributed by atoms with Crippen LogP contribution in [0.2, 0.25) is 9.63 Å². The van der Waals surface area contributed by atoms with E-state index in [2.05, 4.69) is 19.1 Å². The van der Waals surface area contributed by atoms with E-state index in [-0.39, 0.29) is 0 Å². The van der Waals surface area contributed by atoms with Gasteiger partial charge in [0, 0.05) is 6.42 Å². The summed E-state index contributed by atoms with van der Waals surface area (Å²) in [6.45, 7) is 2.26. The van der Waals surface area contributed by atoms with Crippen molar-refractivity contribution in [1.29, 1.82) is 0 Å². The van der Waals surface area contributed by atoms with Gasteiger partial charge in [0.15, 0.2) is 0 Å². The second-order valence-electron chi connectivity index (χ2n) is 7.93. The number of unbranched alkanes of at least 4 members (excludes halogenated alkanes) is 11. The fraction of sp³-hybridized carbons (Fsp3) is 0.875. The van der Waals surface area contributed by atoms with Crippen LogP contribution in [0, 0.1) is 0 Å². The first-order chi connectivity index (χ1) is 13.6. The quantitative estimate of drug-likeness (QED) is 0.142. The van der Waals surface area contributed by atoms with E-state index < -0.39 is 5.97 Å². The molecule has 1 saturated carbocycles. The van der Waals surface area contributed by atoms with Crippen molar-refractivity contribution in [2.24, 2.45) is 0 Å². The second kappa shape index (κ2) is 21.9. The first kappa shape index (κ1) is 28.2. The Morgan fingerprint density at radius 2 is 1.21 bits per heavy atom. The van der Waals surface area contributed by atoms with Crippen LogP contribution < -0.4 is 0 Å². The maximum absolute atomic E-state index is 10.3. The van der Waals surface area contributed by atoms with E-state index in [0.29, 0.717) is 16.1 Å². The molecule has 0 aromatic carbocycles. The van der Waals surface area contributed by atoms with Gasteiger partial charge >= 0.3 is 73.3 Å². The average Bonchev–Trinajstić information content (AvgIpc) is 2.67. The van der Waals surface area contributed by atoms with Crippen LogP contribution in [0.3, 0.4) is 0 Å². The van der Waals surface area contributed by atoms with Crippen molar-refractivity contribution in [3.8, 4) is 0 Å². The summed E-state index contributed by atoms with van der Waals surface area (Å²) in [5, 5.41) is 8.51. The van der Waals surface area contributed by atoms with Crippen molar-refractivity contribution in [1.82, 2.24) is 0 Å². The Bertz CT molecular complexity index is 362. The molecular formula is C24H44Cu2O2. The minimum atomic E-state index is -0.664. The maximum atomic E-state index is 10.3. The fourth-order valence-corrected chi connectivity index (χ4v) is 4.03. The van der Waals surface area contributed by atoms with Gasteiger partial charge in [-0.1, -0.05) is 70.4 Å². The standard InChI is InChI=1S/C18H34O2.C6H10.2Cu/c1-2-3-4-5-6-7-8-9-10-11-12-13-14-15-16-17-18(19)20;1-2-4-6-5-3-1;;/h9-10H,2-8,11-17H2,1H3,(H,19,20);1-2H,3-6H2;;/b10-9-;;;. The number of rotatable bonds is 15. The molecule has 0 bridgehead atoms. The molecule has 2 unspecified atom stereocenters. The fourth-order valence-electron chi connectivity index (χ4n) is 3.33. The molecule has 1 fully saturated rings. The molecule has 2 atom stereocenters. The van der Waals surface area contributed by atoms with Crippen molar-refractivity contribution in [2.75, 3.05) is 0 Å². The van der Waals surface area contributed by atoms with Gasteiger partial charge in [0.05, 0.1) is 0 Å². The number of carbonyl (C=O) groups is 1. The topological polar surface area (TPSA) is 37.3 Å². The van der Waals surface area contributed by atoms with E-state index >= 15 is 0 Å². The molecule has 1 N–H and O–H groups in total. The van der Waals surface area contributed by atoms with Crippen LogP contribution in [0.1, 0.15) is 122 Å². The number of carboxylic acids is 1. The molecule has 0 spiro atoms. The van der Waals surface area contributed by atoms with Gasteiger partial charge in [-0.25, -0.2) is 0 Å². The second-order valence-corrected chi connectivity index (χ2v) is 9.33. The van der Waals surface area contributed by atoms with Gasteiger partial charge < -0.3 is 5.11 Å². The summed E-state index contributed by atoms with van der Waals surface area (Å²) < 4.78 is 0. The number of carboxylic acid groups (broad SMARTS) is 1. The summed E-state index contributed by atoms with van der Waals surface area (Å²) in [6, 6.07) is 0. The summed E-state index contributed by atoms with van der Waals surface area (Å²) in [5.74, 6) is -0.664. The predicted molar refractivity (Wildman–Crippen MR) is 113 cm³/mol. The van der Waals surface area contributed by atoms with Gasteiger partial charge in [0.1, 0.15) is 0 Å². The van der Waals surface area contributed by atoms with Crippen LogP contribution in [0.25, 0.3) is 0 Å². The van der Waals surface area contributed by atoms with Gasteiger partial charge in [0.2, 0.25) is 0 Å². The monoisotopic (exact) mass is 490 g/mol. The van der Waals surface area contributed by atoms with Crippen molar-refractivity contribution in [2.45, 2.75) is 132 Å². The summed E-state index contributed by atoms with van der Waals surface area (Å²) >= 11 is 10.5. The first-order valence-electron chi connectivity index (χ1n) is 11.6. The summed E-state index contributed by atoms with van der Waals surface area (Å²) in [4.78, 5) is 11.1. The molecular weight excluding hydrogens is 447 g/mol. The van der Waals surface area contributed by atoms with Crippen molar-refractivity contribution < 1.29 is 41.9 Å². The number of hydrogen-bond acceptors (Lipinski definition) is 1. The Balaban J connectivity index is 0.000000749. The number of aliphatic carboxylic acids is 1. The normalized spacial score (nSPS) is 19.5. The number of allylic oxidation sites excluding steroid dienone is 2. The van der Waals surface area contributed by atoms with Crippen molar-refractivity contribution >= 4 is 5.97 Å². The third kappa shape index (κ3) is 21.0. The Hall–Kier alpha value is 0.249. The molecule has 174 valence electrons. The van der Waals surface area contributed by atoms with E-state index in [4.69, 9.17) is 37.1 Å². The van der Waals surface area contributed by atoms with Gasteiger partial charge in [-0.2, -0.15) is 0 Å².